The van der Waals surface area contributed by atoms with Crippen LogP contribution in [0.25, 0.3) is 0 Å². The van der Waals surface area contributed by atoms with Gasteiger partial charge in [-0.25, -0.2) is 4.98 Å². The predicted molar refractivity (Wildman–Crippen MR) is 45.8 cm³/mol. The summed E-state index contributed by atoms with van der Waals surface area (Å²) in [5.41, 5.74) is 5.40. The van der Waals surface area contributed by atoms with Crippen molar-refractivity contribution >= 4 is 16.7 Å². The molecule has 0 aliphatic carbocycles. The SMILES string of the molecule is COC(Cc1nsc(N)n1)OC. The van der Waals surface area contributed by atoms with Crippen molar-refractivity contribution in [1.82, 2.24) is 9.36 Å². The topological polar surface area (TPSA) is 70.3 Å². The Bertz CT molecular complexity index is 236. The monoisotopic (exact) mass is 189 g/mol. The highest BCUT2D eigenvalue weighted by Crippen LogP contribution is 2.08. The number of hydrogen-bond acceptors (Lipinski definition) is 6. The van der Waals surface area contributed by atoms with Crippen LogP contribution < -0.4 is 5.73 Å². The van der Waals surface area contributed by atoms with Gasteiger partial charge in [0.15, 0.2) is 11.4 Å². The maximum atomic E-state index is 5.40. The zero-order chi connectivity index (χ0) is 8.97. The summed E-state index contributed by atoms with van der Waals surface area (Å²) in [6, 6.07) is 0. The van der Waals surface area contributed by atoms with E-state index in [1.807, 2.05) is 0 Å². The largest absolute Gasteiger partial charge is 0.374 e. The maximum Gasteiger partial charge on any atom is 0.199 e. The van der Waals surface area contributed by atoms with Gasteiger partial charge in [-0.1, -0.05) is 0 Å². The Kier molecular flexibility index (Phi) is 3.39. The predicted octanol–water partition coefficient (Wildman–Crippen LogP) is 0.282. The number of aromatic nitrogens is 2. The summed E-state index contributed by atoms with van der Waals surface area (Å²) >= 11 is 1.17. The number of nitrogen functional groups attached to an aromatic ring is 1. The van der Waals surface area contributed by atoms with Crippen molar-refractivity contribution in [3.05, 3.63) is 5.82 Å². The van der Waals surface area contributed by atoms with E-state index in [0.29, 0.717) is 17.4 Å². The van der Waals surface area contributed by atoms with E-state index in [0.717, 1.165) is 0 Å². The van der Waals surface area contributed by atoms with E-state index in [-0.39, 0.29) is 6.29 Å². The van der Waals surface area contributed by atoms with Crippen LogP contribution in [-0.4, -0.2) is 29.9 Å². The molecule has 1 aromatic rings. The second-order valence-corrected chi connectivity index (χ2v) is 2.94. The number of methoxy groups -OCH3 is 2. The molecule has 0 fully saturated rings. The van der Waals surface area contributed by atoms with Crippen LogP contribution in [0.1, 0.15) is 5.82 Å². The molecule has 5 nitrogen and oxygen atoms in total. The van der Waals surface area contributed by atoms with Gasteiger partial charge in [-0.15, -0.1) is 0 Å². The fourth-order valence-electron chi connectivity index (χ4n) is 0.762. The highest BCUT2D eigenvalue weighted by molar-refractivity contribution is 7.09. The lowest BCUT2D eigenvalue weighted by atomic mass is 10.4. The number of anilines is 1. The van der Waals surface area contributed by atoms with E-state index in [1.165, 1.54) is 11.5 Å². The molecule has 0 atom stereocenters. The molecule has 68 valence electrons. The fourth-order valence-corrected chi connectivity index (χ4v) is 1.22. The van der Waals surface area contributed by atoms with Gasteiger partial charge in [0.2, 0.25) is 0 Å². The molecule has 2 N–H and O–H groups in total. The minimum absolute atomic E-state index is 0.293. The van der Waals surface area contributed by atoms with Crippen LogP contribution in [0.15, 0.2) is 0 Å². The normalized spacial score (nSPS) is 10.9. The van der Waals surface area contributed by atoms with Crippen LogP contribution in [0.4, 0.5) is 5.13 Å². The van der Waals surface area contributed by atoms with Crippen LogP contribution in [0.5, 0.6) is 0 Å². The summed E-state index contributed by atoms with van der Waals surface area (Å²) in [6.45, 7) is 0. The molecule has 0 aliphatic rings. The molecule has 0 saturated heterocycles. The van der Waals surface area contributed by atoms with E-state index < -0.39 is 0 Å². The van der Waals surface area contributed by atoms with Gasteiger partial charge in [0.1, 0.15) is 5.82 Å². The van der Waals surface area contributed by atoms with Crippen LogP contribution in [-0.2, 0) is 15.9 Å². The molecule has 0 amide bonds. The Hall–Kier alpha value is -0.720. The molecule has 1 heterocycles. The number of nitrogens with two attached hydrogens (primary N) is 1. The molecule has 0 aliphatic heterocycles. The van der Waals surface area contributed by atoms with Gasteiger partial charge in [0.05, 0.1) is 6.42 Å². The zero-order valence-electron chi connectivity index (χ0n) is 6.98. The molecule has 0 unspecified atom stereocenters. The van der Waals surface area contributed by atoms with Crippen LogP contribution >= 0.6 is 11.5 Å². The Balaban J connectivity index is 2.50. The number of ether oxygens (including phenoxy) is 2. The van der Waals surface area contributed by atoms with Crippen molar-refractivity contribution in [2.75, 3.05) is 20.0 Å². The quantitative estimate of drug-likeness (QED) is 0.689. The summed E-state index contributed by atoms with van der Waals surface area (Å²) in [5, 5.41) is 0.468. The van der Waals surface area contributed by atoms with Gasteiger partial charge in [0.25, 0.3) is 0 Å². The molecule has 0 aromatic carbocycles. The second-order valence-electron chi connectivity index (χ2n) is 2.15. The van der Waals surface area contributed by atoms with Crippen molar-refractivity contribution in [1.29, 1.82) is 0 Å². The van der Waals surface area contributed by atoms with E-state index in [2.05, 4.69) is 9.36 Å². The van der Waals surface area contributed by atoms with Crippen LogP contribution in [0.2, 0.25) is 0 Å². The third kappa shape index (κ3) is 2.40. The first kappa shape index (κ1) is 9.37. The van der Waals surface area contributed by atoms with Gasteiger partial charge in [0, 0.05) is 25.8 Å². The van der Waals surface area contributed by atoms with Crippen molar-refractivity contribution in [3.8, 4) is 0 Å². The van der Waals surface area contributed by atoms with E-state index >= 15 is 0 Å². The lowest BCUT2D eigenvalue weighted by molar-refractivity contribution is -0.101. The van der Waals surface area contributed by atoms with E-state index in [1.54, 1.807) is 14.2 Å². The van der Waals surface area contributed by atoms with E-state index in [4.69, 9.17) is 15.2 Å². The number of rotatable bonds is 4. The van der Waals surface area contributed by atoms with Gasteiger partial charge in [-0.05, 0) is 0 Å². The van der Waals surface area contributed by atoms with Crippen molar-refractivity contribution in [2.24, 2.45) is 0 Å². The van der Waals surface area contributed by atoms with Crippen LogP contribution in [0.3, 0.4) is 0 Å². The minimum Gasteiger partial charge on any atom is -0.374 e. The molecular formula is C6H11N3O2S. The number of hydrogen-bond donors (Lipinski definition) is 1. The smallest absolute Gasteiger partial charge is 0.199 e. The highest BCUT2D eigenvalue weighted by Gasteiger charge is 2.10. The molecule has 0 radical (unpaired) electrons. The fraction of sp³-hybridized carbons (Fsp3) is 0.667. The summed E-state index contributed by atoms with van der Waals surface area (Å²) in [7, 11) is 3.15. The average Bonchev–Trinajstić information content (AvgIpc) is 2.47. The number of nitrogens with zero attached hydrogens (tertiary/aromatic N) is 2. The zero-order valence-corrected chi connectivity index (χ0v) is 7.80. The summed E-state index contributed by atoms with van der Waals surface area (Å²) in [6.07, 6.45) is 0.236. The van der Waals surface area contributed by atoms with Crippen molar-refractivity contribution in [2.45, 2.75) is 12.7 Å². The first-order valence-corrected chi connectivity index (χ1v) is 4.17. The molecule has 12 heavy (non-hydrogen) atoms. The Morgan fingerprint density at radius 3 is 2.58 bits per heavy atom. The molecule has 0 spiro atoms. The molecule has 1 rings (SSSR count). The standard InChI is InChI=1S/C6H11N3O2S/c1-10-5(11-2)3-4-8-6(7)12-9-4/h5H,3H2,1-2H3,(H2,7,8,9). The van der Waals surface area contributed by atoms with Crippen molar-refractivity contribution < 1.29 is 9.47 Å². The van der Waals surface area contributed by atoms with E-state index in [9.17, 15) is 0 Å². The molecule has 0 saturated carbocycles. The minimum atomic E-state index is -0.293. The maximum absolute atomic E-state index is 5.40. The molecule has 0 bridgehead atoms. The Morgan fingerprint density at radius 2 is 2.17 bits per heavy atom. The third-order valence-electron chi connectivity index (χ3n) is 1.36. The second kappa shape index (κ2) is 4.34. The summed E-state index contributed by atoms with van der Waals surface area (Å²) in [5.74, 6) is 0.659. The first-order valence-electron chi connectivity index (χ1n) is 3.40. The van der Waals surface area contributed by atoms with Gasteiger partial charge < -0.3 is 15.2 Å². The molecule has 6 heteroatoms. The Morgan fingerprint density at radius 1 is 1.50 bits per heavy atom. The van der Waals surface area contributed by atoms with Gasteiger partial charge in [-0.3, -0.25) is 0 Å². The lowest BCUT2D eigenvalue weighted by Gasteiger charge is -2.09. The van der Waals surface area contributed by atoms with Gasteiger partial charge in [-0.2, -0.15) is 4.37 Å². The third-order valence-corrected chi connectivity index (χ3v) is 1.94. The molecule has 1 aromatic heterocycles. The summed E-state index contributed by atoms with van der Waals surface area (Å²) in [4.78, 5) is 3.97. The highest BCUT2D eigenvalue weighted by atomic mass is 32.1. The first-order chi connectivity index (χ1) is 5.76. The van der Waals surface area contributed by atoms with Crippen molar-refractivity contribution in [3.63, 3.8) is 0 Å². The average molecular weight is 189 g/mol. The Labute approximate surface area is 74.7 Å². The lowest BCUT2D eigenvalue weighted by Crippen LogP contribution is -2.16. The van der Waals surface area contributed by atoms with Crippen LogP contribution in [0, 0.1) is 0 Å². The molecular weight excluding hydrogens is 178 g/mol. The summed E-state index contributed by atoms with van der Waals surface area (Å²) < 4.78 is 13.9. The van der Waals surface area contributed by atoms with Gasteiger partial charge >= 0.3 is 0 Å².